The Hall–Kier alpha value is -3.57. The zero-order valence-corrected chi connectivity index (χ0v) is 22.8. The quantitative estimate of drug-likeness (QED) is 0.345. The number of anilines is 1. The second kappa shape index (κ2) is 12.3. The highest BCUT2D eigenvalue weighted by atomic mass is 19.1. The van der Waals surface area contributed by atoms with Crippen molar-refractivity contribution in [1.82, 2.24) is 9.88 Å². The molecule has 1 aromatic heterocycles. The number of nitrogens with zero attached hydrogens (tertiary/aromatic N) is 3. The van der Waals surface area contributed by atoms with Crippen LogP contribution in [-0.4, -0.2) is 73.5 Å². The number of likely N-dealkylation sites (tertiary alicyclic amines) is 1. The molecule has 8 nitrogen and oxygen atoms in total. The first-order valence-electron chi connectivity index (χ1n) is 13.1. The first kappa shape index (κ1) is 29.4. The van der Waals surface area contributed by atoms with Crippen LogP contribution in [0.4, 0.5) is 18.9 Å². The van der Waals surface area contributed by atoms with E-state index in [9.17, 15) is 28.2 Å². The highest BCUT2D eigenvalue weighted by Gasteiger charge is 2.41. The summed E-state index contributed by atoms with van der Waals surface area (Å²) in [6, 6.07) is 6.56. The van der Waals surface area contributed by atoms with Crippen LogP contribution in [0.1, 0.15) is 37.4 Å². The monoisotopic (exact) mass is 561 g/mol. The summed E-state index contributed by atoms with van der Waals surface area (Å²) in [6.07, 6.45) is 1.96. The zero-order chi connectivity index (χ0) is 29.0. The van der Waals surface area contributed by atoms with Crippen LogP contribution in [0.15, 0.2) is 36.5 Å². The van der Waals surface area contributed by atoms with Crippen LogP contribution in [0, 0.1) is 22.9 Å². The number of aliphatic carboxylic acids is 1. The maximum atomic E-state index is 13.8. The molecule has 4 rings (SSSR count). The SMILES string of the molecule is COc1ccc2ncc(N(C)C)c([C@H](O)CCC3(C(=O)O)CCN(CCOc4c(F)cc(F)cc4F)CC3)c2c1. The van der Waals surface area contributed by atoms with Crippen molar-refractivity contribution in [2.45, 2.75) is 31.8 Å². The third-order valence-corrected chi connectivity index (χ3v) is 7.69. The van der Waals surface area contributed by atoms with Crippen molar-refractivity contribution >= 4 is 22.6 Å². The van der Waals surface area contributed by atoms with Gasteiger partial charge in [0, 0.05) is 43.7 Å². The fourth-order valence-electron chi connectivity index (χ4n) is 5.29. The number of piperidine rings is 1. The number of carbonyl (C=O) groups is 1. The summed E-state index contributed by atoms with van der Waals surface area (Å²) in [5.74, 6) is -4.18. The number of aliphatic hydroxyl groups is 1. The number of carboxylic acid groups (broad SMARTS) is 1. The number of carboxylic acids is 1. The van der Waals surface area contributed by atoms with E-state index >= 15 is 0 Å². The first-order valence-corrected chi connectivity index (χ1v) is 13.1. The van der Waals surface area contributed by atoms with Crippen molar-refractivity contribution in [2.24, 2.45) is 5.41 Å². The number of pyridine rings is 1. The van der Waals surface area contributed by atoms with E-state index in [-0.39, 0.29) is 19.4 Å². The lowest BCUT2D eigenvalue weighted by molar-refractivity contribution is -0.153. The van der Waals surface area contributed by atoms with Crippen molar-refractivity contribution in [3.8, 4) is 11.5 Å². The molecule has 1 atom stereocenters. The van der Waals surface area contributed by atoms with E-state index in [1.807, 2.05) is 36.0 Å². The smallest absolute Gasteiger partial charge is 0.309 e. The molecule has 1 aliphatic rings. The summed E-state index contributed by atoms with van der Waals surface area (Å²) in [5.41, 5.74) is 1.09. The molecule has 0 amide bonds. The Labute approximate surface area is 230 Å². The van der Waals surface area contributed by atoms with Gasteiger partial charge in [-0.05, 0) is 57.0 Å². The standard InChI is InChI=1S/C29H34F3N3O5/c1-34(2)24-17-33-23-5-4-19(39-3)16-20(23)26(24)25(36)6-7-29(28(37)38)8-10-35(11-9-29)12-13-40-27-21(31)14-18(30)15-22(27)32/h4-5,14-17,25,36H,6-13H2,1-3H3,(H,37,38)/t25-/m1/s1. The second-order valence-electron chi connectivity index (χ2n) is 10.4. The lowest BCUT2D eigenvalue weighted by atomic mass is 9.74. The highest BCUT2D eigenvalue weighted by Crippen LogP contribution is 2.41. The number of methoxy groups -OCH3 is 1. The molecular formula is C29H34F3N3O5. The van der Waals surface area contributed by atoms with Crippen molar-refractivity contribution in [3.63, 3.8) is 0 Å². The number of halogens is 3. The van der Waals surface area contributed by atoms with Crippen LogP contribution in [0.25, 0.3) is 10.9 Å². The molecule has 0 saturated carbocycles. The van der Waals surface area contributed by atoms with Crippen LogP contribution in [0.3, 0.4) is 0 Å². The summed E-state index contributed by atoms with van der Waals surface area (Å²) in [4.78, 5) is 20.8. The molecule has 40 heavy (non-hydrogen) atoms. The molecule has 11 heteroatoms. The summed E-state index contributed by atoms with van der Waals surface area (Å²) < 4.78 is 51.3. The van der Waals surface area contributed by atoms with Crippen molar-refractivity contribution in [1.29, 1.82) is 0 Å². The molecule has 2 aromatic carbocycles. The second-order valence-corrected chi connectivity index (χ2v) is 10.4. The van der Waals surface area contributed by atoms with Gasteiger partial charge in [-0.3, -0.25) is 14.7 Å². The Kier molecular flexibility index (Phi) is 9.05. The number of fused-ring (bicyclic) bond motifs is 1. The largest absolute Gasteiger partial charge is 0.497 e. The molecule has 0 unspecified atom stereocenters. The van der Waals surface area contributed by atoms with Gasteiger partial charge in [0.05, 0.1) is 36.0 Å². The molecule has 0 bridgehead atoms. The van der Waals surface area contributed by atoms with E-state index in [0.717, 1.165) is 11.1 Å². The van der Waals surface area contributed by atoms with Crippen molar-refractivity contribution in [3.05, 3.63) is 59.5 Å². The Morgan fingerprint density at radius 1 is 1.15 bits per heavy atom. The zero-order valence-electron chi connectivity index (χ0n) is 22.8. The van der Waals surface area contributed by atoms with Crippen molar-refractivity contribution < 1.29 is 37.7 Å². The summed E-state index contributed by atoms with van der Waals surface area (Å²) in [6.45, 7) is 1.17. The predicted molar refractivity (Wildman–Crippen MR) is 144 cm³/mol. The molecular weight excluding hydrogens is 527 g/mol. The fraction of sp³-hybridized carbons (Fsp3) is 0.448. The summed E-state index contributed by atoms with van der Waals surface area (Å²) >= 11 is 0. The number of hydrogen-bond donors (Lipinski definition) is 2. The molecule has 0 aliphatic carbocycles. The minimum Gasteiger partial charge on any atom is -0.497 e. The van der Waals surface area contributed by atoms with Gasteiger partial charge in [-0.1, -0.05) is 0 Å². The number of benzene rings is 2. The van der Waals surface area contributed by atoms with Crippen LogP contribution >= 0.6 is 0 Å². The van der Waals surface area contributed by atoms with Crippen LogP contribution in [-0.2, 0) is 4.79 Å². The molecule has 1 aliphatic heterocycles. The van der Waals surface area contributed by atoms with Gasteiger partial charge < -0.3 is 24.6 Å². The van der Waals surface area contributed by atoms with Gasteiger partial charge in [0.2, 0.25) is 0 Å². The molecule has 2 N–H and O–H groups in total. The van der Waals surface area contributed by atoms with Crippen LogP contribution in [0.2, 0.25) is 0 Å². The normalized spacial score (nSPS) is 16.1. The predicted octanol–water partition coefficient (Wildman–Crippen LogP) is 4.79. The molecule has 1 fully saturated rings. The number of rotatable bonds is 11. The minimum atomic E-state index is -1.11. The van der Waals surface area contributed by atoms with E-state index in [2.05, 4.69) is 4.98 Å². The molecule has 216 valence electrons. The van der Waals surface area contributed by atoms with E-state index in [1.165, 1.54) is 0 Å². The topological polar surface area (TPSA) is 95.4 Å². The maximum absolute atomic E-state index is 13.8. The number of ether oxygens (including phenoxy) is 2. The lowest BCUT2D eigenvalue weighted by Crippen LogP contribution is -2.45. The van der Waals surface area contributed by atoms with Crippen LogP contribution in [0.5, 0.6) is 11.5 Å². The average molecular weight is 562 g/mol. The van der Waals surface area contributed by atoms with E-state index in [4.69, 9.17) is 9.47 Å². The fourth-order valence-corrected chi connectivity index (χ4v) is 5.29. The van der Waals surface area contributed by atoms with Gasteiger partial charge in [0.15, 0.2) is 17.4 Å². The highest BCUT2D eigenvalue weighted by molar-refractivity contribution is 5.88. The Morgan fingerprint density at radius 2 is 1.82 bits per heavy atom. The number of aliphatic hydroxyl groups excluding tert-OH is 1. The Morgan fingerprint density at radius 3 is 2.42 bits per heavy atom. The maximum Gasteiger partial charge on any atom is 0.309 e. The van der Waals surface area contributed by atoms with Crippen LogP contribution < -0.4 is 14.4 Å². The van der Waals surface area contributed by atoms with Gasteiger partial charge in [-0.2, -0.15) is 0 Å². The number of hydrogen-bond acceptors (Lipinski definition) is 7. The lowest BCUT2D eigenvalue weighted by Gasteiger charge is -2.39. The van der Waals surface area contributed by atoms with E-state index in [0.29, 0.717) is 61.4 Å². The summed E-state index contributed by atoms with van der Waals surface area (Å²) in [7, 11) is 5.28. The molecule has 1 saturated heterocycles. The van der Waals surface area contributed by atoms with Gasteiger partial charge in [-0.25, -0.2) is 13.2 Å². The van der Waals surface area contributed by atoms with Gasteiger partial charge in [-0.15, -0.1) is 0 Å². The molecule has 0 spiro atoms. The molecule has 3 aromatic rings. The Balaban J connectivity index is 1.41. The third kappa shape index (κ3) is 6.26. The molecule has 0 radical (unpaired) electrons. The van der Waals surface area contributed by atoms with E-state index < -0.39 is 40.7 Å². The Bertz CT molecular complexity index is 1340. The third-order valence-electron chi connectivity index (χ3n) is 7.69. The molecule has 2 heterocycles. The minimum absolute atomic E-state index is 0.0375. The van der Waals surface area contributed by atoms with Crippen molar-refractivity contribution in [2.75, 3.05) is 52.3 Å². The van der Waals surface area contributed by atoms with E-state index in [1.54, 1.807) is 19.4 Å². The average Bonchev–Trinajstić information content (AvgIpc) is 2.92. The van der Waals surface area contributed by atoms with Gasteiger partial charge >= 0.3 is 5.97 Å². The van der Waals surface area contributed by atoms with Gasteiger partial charge in [0.25, 0.3) is 0 Å². The first-order chi connectivity index (χ1) is 19.0. The van der Waals surface area contributed by atoms with Gasteiger partial charge in [0.1, 0.15) is 18.2 Å². The summed E-state index contributed by atoms with van der Waals surface area (Å²) in [5, 5.41) is 22.3. The number of aromatic nitrogens is 1.